The number of hydrogen-bond donors (Lipinski definition) is 1. The normalized spacial score (nSPS) is 18.6. The van der Waals surface area contributed by atoms with Gasteiger partial charge in [0, 0.05) is 35.8 Å². The fourth-order valence-electron chi connectivity index (χ4n) is 5.90. The van der Waals surface area contributed by atoms with Crippen LogP contribution in [0.4, 0.5) is 8.78 Å². The summed E-state index contributed by atoms with van der Waals surface area (Å²) >= 11 is 0. The van der Waals surface area contributed by atoms with E-state index in [4.69, 9.17) is 14.2 Å². The van der Waals surface area contributed by atoms with Gasteiger partial charge in [-0.2, -0.15) is 0 Å². The third-order valence-electron chi connectivity index (χ3n) is 7.73. The largest absolute Gasteiger partial charge is 0.493 e. The molecule has 1 saturated carbocycles. The molecule has 2 aromatic carbocycles. The number of carbonyl (C=O) groups is 1. The minimum atomic E-state index is -0.647. The van der Waals surface area contributed by atoms with Crippen LogP contribution in [-0.2, 0) is 6.42 Å². The van der Waals surface area contributed by atoms with E-state index in [-0.39, 0.29) is 18.0 Å². The van der Waals surface area contributed by atoms with Crippen LogP contribution in [0.1, 0.15) is 66.9 Å². The molecule has 0 spiro atoms. The average Bonchev–Trinajstić information content (AvgIpc) is 3.60. The maximum atomic E-state index is 14.1. The van der Waals surface area contributed by atoms with Crippen molar-refractivity contribution in [1.29, 1.82) is 0 Å². The fourth-order valence-corrected chi connectivity index (χ4v) is 5.90. The first-order valence-electron chi connectivity index (χ1n) is 13.3. The van der Waals surface area contributed by atoms with Crippen molar-refractivity contribution in [2.75, 3.05) is 34.4 Å². The smallest absolute Gasteiger partial charge is 0.252 e. The van der Waals surface area contributed by atoms with E-state index in [2.05, 4.69) is 10.2 Å². The number of likely N-dealkylation sites (tertiary alicyclic amines) is 1. The van der Waals surface area contributed by atoms with Gasteiger partial charge in [0.2, 0.25) is 5.75 Å². The monoisotopic (exact) mass is 528 g/mol. The molecule has 0 radical (unpaired) electrons. The Morgan fingerprint density at radius 1 is 1.03 bits per heavy atom. The average molecular weight is 529 g/mol. The summed E-state index contributed by atoms with van der Waals surface area (Å²) in [5, 5.41) is 2.95. The molecule has 8 heteroatoms. The zero-order valence-electron chi connectivity index (χ0n) is 22.7. The fraction of sp³-hybridized carbons (Fsp3) is 0.500. The lowest BCUT2D eigenvalue weighted by Gasteiger charge is -2.31. The van der Waals surface area contributed by atoms with Crippen molar-refractivity contribution in [3.05, 3.63) is 58.2 Å². The zero-order valence-corrected chi connectivity index (χ0v) is 22.7. The maximum Gasteiger partial charge on any atom is 0.252 e. The molecule has 1 N–H and O–H groups in total. The van der Waals surface area contributed by atoms with E-state index in [9.17, 15) is 13.6 Å². The molecule has 206 valence electrons. The number of nitrogens with one attached hydrogen (secondary N) is 1. The quantitative estimate of drug-likeness (QED) is 0.424. The van der Waals surface area contributed by atoms with Gasteiger partial charge < -0.3 is 19.5 Å². The van der Waals surface area contributed by atoms with Gasteiger partial charge in [0.15, 0.2) is 11.5 Å². The number of hydrogen-bond acceptors (Lipinski definition) is 5. The highest BCUT2D eigenvalue weighted by molar-refractivity contribution is 5.97. The second kappa shape index (κ2) is 12.6. The Bertz CT molecular complexity index is 1180. The molecule has 2 aliphatic rings. The van der Waals surface area contributed by atoms with Gasteiger partial charge in [-0.05, 0) is 63.8 Å². The summed E-state index contributed by atoms with van der Waals surface area (Å²) in [7, 11) is 4.67. The van der Waals surface area contributed by atoms with Crippen LogP contribution in [-0.4, -0.2) is 57.3 Å². The predicted molar refractivity (Wildman–Crippen MR) is 144 cm³/mol. The van der Waals surface area contributed by atoms with Crippen LogP contribution in [0.5, 0.6) is 17.2 Å². The van der Waals surface area contributed by atoms with Crippen LogP contribution in [0, 0.1) is 11.6 Å². The molecule has 4 rings (SSSR count). The summed E-state index contributed by atoms with van der Waals surface area (Å²) < 4.78 is 44.3. The maximum absolute atomic E-state index is 14.1. The van der Waals surface area contributed by atoms with E-state index < -0.39 is 11.6 Å². The van der Waals surface area contributed by atoms with Gasteiger partial charge in [0.1, 0.15) is 11.6 Å². The van der Waals surface area contributed by atoms with Gasteiger partial charge in [-0.15, -0.1) is 0 Å². The summed E-state index contributed by atoms with van der Waals surface area (Å²) in [6.07, 6.45) is 9.48. The minimum absolute atomic E-state index is 0.198. The summed E-state index contributed by atoms with van der Waals surface area (Å²) in [4.78, 5) is 16.2. The van der Waals surface area contributed by atoms with E-state index in [1.54, 1.807) is 33.3 Å². The first-order chi connectivity index (χ1) is 18.4. The highest BCUT2D eigenvalue weighted by atomic mass is 19.1. The van der Waals surface area contributed by atoms with E-state index in [0.717, 1.165) is 36.6 Å². The Labute approximate surface area is 223 Å². The van der Waals surface area contributed by atoms with Crippen LogP contribution in [0.15, 0.2) is 29.8 Å². The number of ether oxygens (including phenoxy) is 3. The molecule has 6 nitrogen and oxygen atoms in total. The Hall–Kier alpha value is -3.13. The lowest BCUT2D eigenvalue weighted by molar-refractivity contribution is 0.0954. The number of halogens is 2. The number of rotatable bonds is 10. The van der Waals surface area contributed by atoms with Crippen LogP contribution >= 0.6 is 0 Å². The molecular weight excluding hydrogens is 490 g/mol. The minimum Gasteiger partial charge on any atom is -0.493 e. The van der Waals surface area contributed by atoms with Gasteiger partial charge in [0.25, 0.3) is 5.91 Å². The summed E-state index contributed by atoms with van der Waals surface area (Å²) in [6, 6.07) is 6.06. The Balaban J connectivity index is 1.61. The van der Waals surface area contributed by atoms with Crippen molar-refractivity contribution < 1.29 is 27.8 Å². The van der Waals surface area contributed by atoms with E-state index >= 15 is 0 Å². The highest BCUT2D eigenvalue weighted by Gasteiger charge is 2.35. The number of nitrogens with zero attached hydrogens (tertiary/aromatic N) is 1. The van der Waals surface area contributed by atoms with Crippen molar-refractivity contribution in [3.63, 3.8) is 0 Å². The first-order valence-corrected chi connectivity index (χ1v) is 13.3. The zero-order chi connectivity index (χ0) is 27.2. The predicted octanol–water partition coefficient (Wildman–Crippen LogP) is 5.77. The molecule has 0 unspecified atom stereocenters. The summed E-state index contributed by atoms with van der Waals surface area (Å²) in [5.74, 6) is -0.166. The van der Waals surface area contributed by atoms with Gasteiger partial charge in [0.05, 0.1) is 26.9 Å². The van der Waals surface area contributed by atoms with Gasteiger partial charge in [-0.3, -0.25) is 9.69 Å². The Morgan fingerprint density at radius 3 is 2.42 bits per heavy atom. The SMILES string of the molecule is COc1cc(C(=O)NCC(C)=Cc2ccc(F)cc2F)c(C[C@@H]2CCCN2C2CCCC2)c(OC)c1OC. The standard InChI is InChI=1S/C30H38F2N2O4/c1-19(14-20-11-12-21(31)15-26(20)32)18-33-30(35)25-17-27(36-2)29(38-4)28(37-3)24(25)16-23-10-7-13-34(23)22-8-5-6-9-22/h11-12,14-15,17,22-23H,5-10,13,16,18H2,1-4H3,(H,33,35)/t23-/m0/s1. The molecule has 38 heavy (non-hydrogen) atoms. The molecule has 1 aliphatic carbocycles. The number of methoxy groups -OCH3 is 3. The Morgan fingerprint density at radius 2 is 1.76 bits per heavy atom. The Kier molecular flexibility index (Phi) is 9.26. The van der Waals surface area contributed by atoms with Crippen LogP contribution in [0.2, 0.25) is 0 Å². The van der Waals surface area contributed by atoms with Crippen molar-refractivity contribution in [2.24, 2.45) is 0 Å². The second-order valence-electron chi connectivity index (χ2n) is 10.2. The topological polar surface area (TPSA) is 60.0 Å². The molecule has 1 aliphatic heterocycles. The molecule has 1 amide bonds. The first kappa shape index (κ1) is 27.9. The van der Waals surface area contributed by atoms with Crippen molar-refractivity contribution in [2.45, 2.75) is 64.0 Å². The molecule has 1 saturated heterocycles. The van der Waals surface area contributed by atoms with Crippen LogP contribution < -0.4 is 19.5 Å². The highest BCUT2D eigenvalue weighted by Crippen LogP contribution is 2.44. The van der Waals surface area contributed by atoms with E-state index in [1.165, 1.54) is 44.9 Å². The third-order valence-corrected chi connectivity index (χ3v) is 7.73. The van der Waals surface area contributed by atoms with Crippen molar-refractivity contribution >= 4 is 12.0 Å². The molecular formula is C30H38F2N2O4. The number of carbonyl (C=O) groups excluding carboxylic acids is 1. The summed E-state index contributed by atoms with van der Waals surface area (Å²) in [6.45, 7) is 3.07. The number of amides is 1. The number of benzene rings is 2. The molecule has 2 fully saturated rings. The van der Waals surface area contributed by atoms with E-state index in [0.29, 0.717) is 41.3 Å². The van der Waals surface area contributed by atoms with Crippen molar-refractivity contribution in [3.8, 4) is 17.2 Å². The van der Waals surface area contributed by atoms with Crippen LogP contribution in [0.3, 0.4) is 0 Å². The molecule has 0 bridgehead atoms. The van der Waals surface area contributed by atoms with Crippen molar-refractivity contribution in [1.82, 2.24) is 10.2 Å². The van der Waals surface area contributed by atoms with E-state index in [1.807, 2.05) is 0 Å². The lowest BCUT2D eigenvalue weighted by atomic mass is 9.95. The third kappa shape index (κ3) is 6.12. The lowest BCUT2D eigenvalue weighted by Crippen LogP contribution is -2.39. The van der Waals surface area contributed by atoms with Gasteiger partial charge in [-0.25, -0.2) is 8.78 Å². The molecule has 1 heterocycles. The molecule has 1 atom stereocenters. The summed E-state index contributed by atoms with van der Waals surface area (Å²) in [5.41, 5.74) is 2.25. The molecule has 2 aromatic rings. The second-order valence-corrected chi connectivity index (χ2v) is 10.2. The van der Waals surface area contributed by atoms with Gasteiger partial charge >= 0.3 is 0 Å². The van der Waals surface area contributed by atoms with Crippen LogP contribution in [0.25, 0.3) is 6.08 Å². The van der Waals surface area contributed by atoms with Gasteiger partial charge in [-0.1, -0.05) is 24.5 Å². The molecule has 0 aromatic heterocycles.